The average Bonchev–Trinajstić information content (AvgIpc) is 3.75. The summed E-state index contributed by atoms with van der Waals surface area (Å²) < 4.78 is 29.3. The lowest BCUT2D eigenvalue weighted by molar-refractivity contribution is -0.136. The third-order valence-electron chi connectivity index (χ3n) is 12.6. The molecule has 1 aliphatic heterocycles. The number of para-hydroxylation sites is 1. The molecule has 0 aliphatic carbocycles. The highest BCUT2D eigenvalue weighted by Crippen LogP contribution is 2.26. The van der Waals surface area contributed by atoms with Crippen LogP contribution in [0, 0.1) is 23.5 Å². The summed E-state index contributed by atoms with van der Waals surface area (Å²) in [4.78, 5) is 148. The maximum atomic E-state index is 14.7. The summed E-state index contributed by atoms with van der Waals surface area (Å²) in [5, 5.41) is 15.8. The molecule has 1 aliphatic rings. The van der Waals surface area contributed by atoms with E-state index in [-0.39, 0.29) is 82.1 Å². The number of halogens is 2. The Morgan fingerprint density at radius 3 is 2.05 bits per heavy atom. The zero-order valence-corrected chi connectivity index (χ0v) is 42.7. The van der Waals surface area contributed by atoms with Crippen molar-refractivity contribution in [2.75, 3.05) is 19.6 Å². The smallest absolute Gasteiger partial charge is 0.243 e. The second-order valence-corrected chi connectivity index (χ2v) is 18.8. The molecule has 19 N–H and O–H groups in total. The van der Waals surface area contributed by atoms with Crippen LogP contribution in [0.5, 0.6) is 0 Å². The first-order chi connectivity index (χ1) is 36.5. The van der Waals surface area contributed by atoms with Crippen LogP contribution in [0.25, 0.3) is 10.9 Å². The van der Waals surface area contributed by atoms with Crippen molar-refractivity contribution in [1.29, 1.82) is 0 Å². The van der Waals surface area contributed by atoms with E-state index >= 15 is 0 Å². The molecular weight excluding hydrogens is 1010 g/mol. The van der Waals surface area contributed by atoms with E-state index in [1.807, 2.05) is 12.1 Å². The Hall–Kier alpha value is -8.52. The molecule has 0 unspecified atom stereocenters. The summed E-state index contributed by atoms with van der Waals surface area (Å²) in [6, 6.07) is 1.76. The van der Waals surface area contributed by atoms with Gasteiger partial charge in [0.1, 0.15) is 41.6 Å². The van der Waals surface area contributed by atoms with E-state index < -0.39 is 151 Å². The molecule has 0 saturated carbocycles. The van der Waals surface area contributed by atoms with Crippen LogP contribution in [0.15, 0.2) is 58.6 Å². The number of ketones is 2. The summed E-state index contributed by atoms with van der Waals surface area (Å²) in [6.07, 6.45) is -1.67. The molecule has 77 heavy (non-hydrogen) atoms. The fraction of sp³-hybridized carbons (Fsp3) is 0.480. The Morgan fingerprint density at radius 1 is 0.753 bits per heavy atom. The molecule has 27 heteroatoms. The number of hydrogen-bond acceptors (Lipinski definition) is 12. The maximum Gasteiger partial charge on any atom is 0.243 e. The van der Waals surface area contributed by atoms with Crippen LogP contribution in [0.3, 0.4) is 0 Å². The number of hydrogen-bond donors (Lipinski definition) is 13. The molecule has 0 spiro atoms. The highest BCUT2D eigenvalue weighted by molar-refractivity contribution is 5.99. The van der Waals surface area contributed by atoms with Crippen LogP contribution in [-0.2, 0) is 60.8 Å². The van der Waals surface area contributed by atoms with E-state index in [0.717, 1.165) is 30.0 Å². The lowest BCUT2D eigenvalue weighted by Gasteiger charge is -2.27. The number of aliphatic imine (C=N–C) groups is 2. The topological polar surface area (TPSA) is 440 Å². The molecule has 418 valence electrons. The number of primary amides is 2. The molecule has 1 aromatic heterocycles. The van der Waals surface area contributed by atoms with E-state index in [1.54, 1.807) is 18.3 Å². The summed E-state index contributed by atoms with van der Waals surface area (Å²) in [6.45, 7) is 1.14. The normalized spacial score (nSPS) is 21.0. The number of amides is 8. The Balaban J connectivity index is 1.81. The SMILES string of the molecule is CC(=O)N[C@@H](CCCN=C(N)N)C(=O)N[C@H]1CCC(=O)NCCC[C@@H](C(N)=O)NC(=O)[C@H](Cc2c[nH]c3ccccc23)CC(=O)[C@H](CCCN=C(N)N)CC(=O)[C@@H](Cc2cc(F)cc(F)c2)NC(=O)[C@H](CC(N)=O)NC1=O. The molecular formula is C50H69F2N15O10. The number of Topliss-reactive ketones (excluding diaryl/α,β-unsaturated/α-hetero) is 2. The van der Waals surface area contributed by atoms with E-state index in [4.69, 9.17) is 34.4 Å². The third-order valence-corrected chi connectivity index (χ3v) is 12.6. The largest absolute Gasteiger partial charge is 0.370 e. The minimum absolute atomic E-state index is 0.00625. The van der Waals surface area contributed by atoms with Gasteiger partial charge in [-0.05, 0) is 87.1 Å². The van der Waals surface area contributed by atoms with Gasteiger partial charge in [0.05, 0.1) is 12.5 Å². The van der Waals surface area contributed by atoms with Crippen LogP contribution in [0.1, 0.15) is 88.7 Å². The van der Waals surface area contributed by atoms with Gasteiger partial charge in [-0.1, -0.05) is 18.2 Å². The van der Waals surface area contributed by atoms with Crippen molar-refractivity contribution in [3.63, 3.8) is 0 Å². The number of carbonyl (C=O) groups is 10. The first-order valence-electron chi connectivity index (χ1n) is 25.0. The molecule has 7 atom stereocenters. The van der Waals surface area contributed by atoms with Gasteiger partial charge in [-0.3, -0.25) is 57.9 Å². The van der Waals surface area contributed by atoms with Crippen molar-refractivity contribution < 1.29 is 56.7 Å². The molecule has 1 fully saturated rings. The average molecular weight is 1080 g/mol. The fourth-order valence-corrected chi connectivity index (χ4v) is 8.74. The molecule has 4 rings (SSSR count). The lowest BCUT2D eigenvalue weighted by Crippen LogP contribution is -2.58. The molecule has 1 saturated heterocycles. The Bertz CT molecular complexity index is 2670. The number of rotatable bonds is 18. The van der Waals surface area contributed by atoms with Gasteiger partial charge >= 0.3 is 0 Å². The molecule has 2 aromatic carbocycles. The Labute approximate surface area is 442 Å². The summed E-state index contributed by atoms with van der Waals surface area (Å²) >= 11 is 0. The van der Waals surface area contributed by atoms with E-state index in [9.17, 15) is 56.7 Å². The van der Waals surface area contributed by atoms with Gasteiger partial charge in [0.15, 0.2) is 17.7 Å². The van der Waals surface area contributed by atoms with Crippen LogP contribution in [0.2, 0.25) is 0 Å². The zero-order chi connectivity index (χ0) is 56.8. The van der Waals surface area contributed by atoms with Crippen molar-refractivity contribution in [2.24, 2.45) is 56.2 Å². The van der Waals surface area contributed by atoms with Crippen molar-refractivity contribution in [3.05, 3.63) is 71.4 Å². The standard InChI is InChI=1S/C50H69F2N15O10/c1-26(68)63-36(11-6-16-61-50(57)58)46(75)65-37-12-13-43(72)59-14-5-10-35(44(54)73)64-45(74)29(20-30-25-62-34-9-3-2-8-33(30)34)22-40(69)28(7-4-15-60-49(55)56)21-41(70)38(19-27-17-31(51)23-32(52)18-27)66-48(77)39(24-42(53)71)67-47(37)76/h2-3,8-9,17-18,23,25,28-29,35-39,62H,4-7,10-16,19-22,24H2,1H3,(H2,53,71)(H2,54,73)(H,59,72)(H,63,68)(H,64,74)(H,65,75)(H,66,77)(H,67,76)(H4,55,56,60)(H4,57,58,61)/t28-,29-,35+,36+,37+,38-,39+/m1/s1. The minimum Gasteiger partial charge on any atom is -0.370 e. The second-order valence-electron chi connectivity index (χ2n) is 18.8. The number of aromatic amines is 1. The molecule has 25 nitrogen and oxygen atoms in total. The number of fused-ring (bicyclic) bond motifs is 1. The first kappa shape index (κ1) is 61.0. The maximum absolute atomic E-state index is 14.7. The number of carbonyl (C=O) groups excluding carboxylic acids is 10. The molecule has 0 radical (unpaired) electrons. The minimum atomic E-state index is -1.89. The van der Waals surface area contributed by atoms with Crippen molar-refractivity contribution in [3.8, 4) is 0 Å². The molecule has 3 aromatic rings. The van der Waals surface area contributed by atoms with E-state index in [1.165, 1.54) is 0 Å². The lowest BCUT2D eigenvalue weighted by atomic mass is 9.83. The number of nitrogens with one attached hydrogen (secondary N) is 7. The van der Waals surface area contributed by atoms with Gasteiger partial charge in [-0.15, -0.1) is 0 Å². The summed E-state index contributed by atoms with van der Waals surface area (Å²) in [5.74, 6) is -13.7. The van der Waals surface area contributed by atoms with Crippen LogP contribution in [0.4, 0.5) is 8.78 Å². The third kappa shape index (κ3) is 21.0. The number of guanidine groups is 2. The van der Waals surface area contributed by atoms with Gasteiger partial charge in [0.2, 0.25) is 47.3 Å². The number of nitrogens with zero attached hydrogens (tertiary/aromatic N) is 2. The predicted molar refractivity (Wildman–Crippen MR) is 278 cm³/mol. The van der Waals surface area contributed by atoms with Crippen molar-refractivity contribution in [2.45, 2.75) is 121 Å². The van der Waals surface area contributed by atoms with Gasteiger partial charge < -0.3 is 71.3 Å². The summed E-state index contributed by atoms with van der Waals surface area (Å²) in [7, 11) is 0. The second kappa shape index (κ2) is 30.1. The summed E-state index contributed by atoms with van der Waals surface area (Å²) in [5.41, 5.74) is 34.4. The Morgan fingerprint density at radius 2 is 1.40 bits per heavy atom. The number of aromatic nitrogens is 1. The first-order valence-corrected chi connectivity index (χ1v) is 25.0. The van der Waals surface area contributed by atoms with E-state index in [0.29, 0.717) is 11.6 Å². The fourth-order valence-electron chi connectivity index (χ4n) is 8.74. The quantitative estimate of drug-likeness (QED) is 0.0372. The number of H-pyrrole nitrogens is 1. The highest BCUT2D eigenvalue weighted by atomic mass is 19.1. The van der Waals surface area contributed by atoms with Gasteiger partial charge in [-0.2, -0.15) is 0 Å². The number of nitrogens with two attached hydrogens (primary N) is 6. The van der Waals surface area contributed by atoms with Gasteiger partial charge in [-0.25, -0.2) is 8.78 Å². The predicted octanol–water partition coefficient (Wildman–Crippen LogP) is -2.02. The van der Waals surface area contributed by atoms with Crippen LogP contribution < -0.4 is 66.3 Å². The van der Waals surface area contributed by atoms with Crippen molar-refractivity contribution in [1.82, 2.24) is 36.9 Å². The molecule has 8 amide bonds. The van der Waals surface area contributed by atoms with Crippen LogP contribution in [-0.4, -0.2) is 126 Å². The van der Waals surface area contributed by atoms with Crippen molar-refractivity contribution >= 4 is 81.6 Å². The molecule has 0 bridgehead atoms. The van der Waals surface area contributed by atoms with Gasteiger partial charge in [0, 0.05) is 80.8 Å². The van der Waals surface area contributed by atoms with E-state index in [2.05, 4.69) is 46.9 Å². The highest BCUT2D eigenvalue weighted by Gasteiger charge is 2.36. The Kier molecular flexibility index (Phi) is 23.9. The monoisotopic (exact) mass is 1080 g/mol. The molecule has 2 heterocycles. The number of benzene rings is 2. The zero-order valence-electron chi connectivity index (χ0n) is 42.7. The van der Waals surface area contributed by atoms with Crippen LogP contribution >= 0.6 is 0 Å². The van der Waals surface area contributed by atoms with Gasteiger partial charge in [0.25, 0.3) is 0 Å².